The van der Waals surface area contributed by atoms with Gasteiger partial charge in [0.1, 0.15) is 6.79 Å². The zero-order chi connectivity index (χ0) is 18.9. The highest BCUT2D eigenvalue weighted by atomic mass is 16.7. The van der Waals surface area contributed by atoms with Crippen molar-refractivity contribution in [2.45, 2.75) is 6.61 Å². The van der Waals surface area contributed by atoms with E-state index < -0.39 is 0 Å². The van der Waals surface area contributed by atoms with Gasteiger partial charge in [0.15, 0.2) is 5.78 Å². The van der Waals surface area contributed by atoms with E-state index in [0.29, 0.717) is 19.0 Å². The smallest absolute Gasteiger partial charge is 0.185 e. The van der Waals surface area contributed by atoms with Crippen molar-refractivity contribution in [2.75, 3.05) is 13.9 Å². The molecule has 0 amide bonds. The summed E-state index contributed by atoms with van der Waals surface area (Å²) in [5.41, 5.74) is 5.06. The predicted molar refractivity (Wildman–Crippen MR) is 108 cm³/mol. The van der Waals surface area contributed by atoms with Crippen molar-refractivity contribution >= 4 is 11.9 Å². The van der Waals surface area contributed by atoms with E-state index in [0.717, 1.165) is 22.3 Å². The lowest BCUT2D eigenvalue weighted by Gasteiger charge is -2.06. The van der Waals surface area contributed by atoms with Crippen molar-refractivity contribution in [2.24, 2.45) is 0 Å². The summed E-state index contributed by atoms with van der Waals surface area (Å²) in [6.45, 7) is 0.830. The summed E-state index contributed by atoms with van der Waals surface area (Å²) in [4.78, 5) is 12.1. The minimum absolute atomic E-state index is 0.00552. The van der Waals surface area contributed by atoms with Crippen LogP contribution in [0.3, 0.4) is 0 Å². The highest BCUT2D eigenvalue weighted by Gasteiger charge is 2.01. The third-order valence-electron chi connectivity index (χ3n) is 4.15. The van der Waals surface area contributed by atoms with Crippen molar-refractivity contribution in [3.05, 3.63) is 102 Å². The second kappa shape index (κ2) is 9.62. The average Bonchev–Trinajstić information content (AvgIpc) is 2.74. The predicted octanol–water partition coefficient (Wildman–Crippen LogP) is 5.37. The van der Waals surface area contributed by atoms with Gasteiger partial charge in [-0.1, -0.05) is 84.9 Å². The maximum absolute atomic E-state index is 12.1. The maximum atomic E-state index is 12.1. The number of rotatable bonds is 8. The normalized spacial score (nSPS) is 11.0. The van der Waals surface area contributed by atoms with Crippen molar-refractivity contribution in [3.63, 3.8) is 0 Å². The van der Waals surface area contributed by atoms with Crippen molar-refractivity contribution in [1.82, 2.24) is 0 Å². The molecule has 3 nitrogen and oxygen atoms in total. The number of benzene rings is 3. The van der Waals surface area contributed by atoms with Crippen LogP contribution in [-0.4, -0.2) is 19.7 Å². The first-order valence-electron chi connectivity index (χ1n) is 8.80. The van der Waals surface area contributed by atoms with Crippen LogP contribution in [0.1, 0.15) is 21.5 Å². The zero-order valence-corrected chi connectivity index (χ0v) is 15.3. The monoisotopic (exact) mass is 358 g/mol. The van der Waals surface area contributed by atoms with Crippen molar-refractivity contribution in [3.8, 4) is 11.1 Å². The molecule has 3 rings (SSSR count). The van der Waals surface area contributed by atoms with Crippen LogP contribution in [0.25, 0.3) is 17.2 Å². The molecule has 3 aromatic rings. The third kappa shape index (κ3) is 5.48. The minimum atomic E-state index is 0.00552. The highest BCUT2D eigenvalue weighted by Crippen LogP contribution is 2.21. The Labute approximate surface area is 159 Å². The van der Waals surface area contributed by atoms with E-state index in [2.05, 4.69) is 36.4 Å². The number of hydrogen-bond acceptors (Lipinski definition) is 3. The lowest BCUT2D eigenvalue weighted by Crippen LogP contribution is -1.96. The van der Waals surface area contributed by atoms with Gasteiger partial charge in [0, 0.05) is 12.7 Å². The largest absolute Gasteiger partial charge is 0.359 e. The van der Waals surface area contributed by atoms with Gasteiger partial charge in [0.25, 0.3) is 0 Å². The van der Waals surface area contributed by atoms with Gasteiger partial charge in [-0.3, -0.25) is 4.79 Å². The van der Waals surface area contributed by atoms with Crippen LogP contribution in [0.2, 0.25) is 0 Å². The van der Waals surface area contributed by atoms with E-state index in [1.165, 1.54) is 0 Å². The Morgan fingerprint density at radius 2 is 1.48 bits per heavy atom. The van der Waals surface area contributed by atoms with Gasteiger partial charge < -0.3 is 9.47 Å². The Morgan fingerprint density at radius 3 is 2.11 bits per heavy atom. The summed E-state index contributed by atoms with van der Waals surface area (Å²) in [5.74, 6) is 0.00552. The molecule has 0 heterocycles. The van der Waals surface area contributed by atoms with Gasteiger partial charge in [-0.15, -0.1) is 0 Å². The van der Waals surface area contributed by atoms with Crippen molar-refractivity contribution < 1.29 is 14.3 Å². The SMILES string of the molecule is COCOCc1ccc(-c2ccc(C=CC(=O)c3ccccc3)cc2)cc1. The molecular formula is C24H22O3. The first-order valence-corrected chi connectivity index (χ1v) is 8.80. The fourth-order valence-electron chi connectivity index (χ4n) is 2.69. The van der Waals surface area contributed by atoms with E-state index in [9.17, 15) is 4.79 Å². The fraction of sp³-hybridized carbons (Fsp3) is 0.125. The van der Waals surface area contributed by atoms with Crippen LogP contribution in [-0.2, 0) is 16.1 Å². The molecule has 0 spiro atoms. The first kappa shape index (κ1) is 18.8. The molecule has 0 saturated carbocycles. The molecule has 0 aliphatic heterocycles. The van der Waals surface area contributed by atoms with Gasteiger partial charge in [-0.05, 0) is 28.3 Å². The van der Waals surface area contributed by atoms with Gasteiger partial charge in [-0.25, -0.2) is 0 Å². The van der Waals surface area contributed by atoms with Crippen LogP contribution >= 0.6 is 0 Å². The van der Waals surface area contributed by atoms with Gasteiger partial charge >= 0.3 is 0 Å². The molecule has 27 heavy (non-hydrogen) atoms. The van der Waals surface area contributed by atoms with Crippen molar-refractivity contribution in [1.29, 1.82) is 0 Å². The maximum Gasteiger partial charge on any atom is 0.185 e. The molecular weight excluding hydrogens is 336 g/mol. The molecule has 0 radical (unpaired) electrons. The summed E-state index contributed by atoms with van der Waals surface area (Å²) in [5, 5.41) is 0. The number of carbonyl (C=O) groups excluding carboxylic acids is 1. The van der Waals surface area contributed by atoms with Crippen LogP contribution in [0.4, 0.5) is 0 Å². The summed E-state index contributed by atoms with van der Waals surface area (Å²) in [6.07, 6.45) is 3.45. The molecule has 0 saturated heterocycles. The second-order valence-corrected chi connectivity index (χ2v) is 6.14. The standard InChI is InChI=1S/C24H22O3/c1-26-18-27-17-20-9-14-22(15-10-20)21-12-7-19(8-13-21)11-16-24(25)23-5-3-2-4-6-23/h2-16H,17-18H2,1H3. The van der Waals surface area contributed by atoms with Crippen LogP contribution in [0, 0.1) is 0 Å². The topological polar surface area (TPSA) is 35.5 Å². The molecule has 0 N–H and O–H groups in total. The Kier molecular flexibility index (Phi) is 6.69. The zero-order valence-electron chi connectivity index (χ0n) is 15.3. The Morgan fingerprint density at radius 1 is 0.852 bits per heavy atom. The summed E-state index contributed by atoms with van der Waals surface area (Å²) in [7, 11) is 1.61. The summed E-state index contributed by atoms with van der Waals surface area (Å²) in [6, 6.07) is 25.7. The second-order valence-electron chi connectivity index (χ2n) is 6.14. The van der Waals surface area contributed by atoms with Gasteiger partial charge in [-0.2, -0.15) is 0 Å². The third-order valence-corrected chi connectivity index (χ3v) is 4.15. The molecule has 136 valence electrons. The molecule has 0 aliphatic carbocycles. The van der Waals surface area contributed by atoms with E-state index in [4.69, 9.17) is 9.47 Å². The Balaban J connectivity index is 1.63. The number of ether oxygens (including phenoxy) is 2. The number of allylic oxidation sites excluding steroid dienone is 1. The summed E-state index contributed by atoms with van der Waals surface area (Å²) >= 11 is 0. The molecule has 0 bridgehead atoms. The first-order chi connectivity index (χ1) is 13.3. The fourth-order valence-corrected chi connectivity index (χ4v) is 2.69. The van der Waals surface area contributed by atoms with E-state index in [-0.39, 0.29) is 5.78 Å². The Bertz CT molecular complexity index is 879. The van der Waals surface area contributed by atoms with Gasteiger partial charge in [0.05, 0.1) is 6.61 Å². The Hall–Kier alpha value is -3.01. The van der Waals surface area contributed by atoms with Crippen LogP contribution in [0.5, 0.6) is 0 Å². The molecule has 0 aliphatic rings. The van der Waals surface area contributed by atoms with E-state index >= 15 is 0 Å². The number of carbonyl (C=O) groups is 1. The number of ketones is 1. The number of hydrogen-bond donors (Lipinski definition) is 0. The molecule has 0 unspecified atom stereocenters. The minimum Gasteiger partial charge on any atom is -0.359 e. The summed E-state index contributed by atoms with van der Waals surface area (Å²) < 4.78 is 10.2. The lowest BCUT2D eigenvalue weighted by molar-refractivity contribution is -0.0390. The highest BCUT2D eigenvalue weighted by molar-refractivity contribution is 6.06. The van der Waals surface area contributed by atoms with Gasteiger partial charge in [0.2, 0.25) is 0 Å². The molecule has 3 heteroatoms. The van der Waals surface area contributed by atoms with E-state index in [1.54, 1.807) is 13.2 Å². The lowest BCUT2D eigenvalue weighted by atomic mass is 10.0. The van der Waals surface area contributed by atoms with Crippen LogP contribution in [0.15, 0.2) is 84.9 Å². The molecule has 3 aromatic carbocycles. The molecule has 0 fully saturated rings. The average molecular weight is 358 g/mol. The van der Waals surface area contributed by atoms with E-state index in [1.807, 2.05) is 48.5 Å². The molecule has 0 aromatic heterocycles. The molecule has 0 atom stereocenters. The van der Waals surface area contributed by atoms with Crippen LogP contribution < -0.4 is 0 Å². The quantitative estimate of drug-likeness (QED) is 0.235. The number of methoxy groups -OCH3 is 1.